The Kier molecular flexibility index (Phi) is 3.57. The zero-order valence-corrected chi connectivity index (χ0v) is 11.7. The predicted octanol–water partition coefficient (Wildman–Crippen LogP) is 1.33. The minimum atomic E-state index is -0.271. The van der Waals surface area contributed by atoms with Gasteiger partial charge in [-0.15, -0.1) is 0 Å². The number of hydrogen-bond donors (Lipinski definition) is 3. The molecule has 0 radical (unpaired) electrons. The Morgan fingerprint density at radius 3 is 2.84 bits per heavy atom. The molecule has 2 heterocycles. The number of nitrogens with zero attached hydrogens (tertiary/aromatic N) is 3. The van der Waals surface area contributed by atoms with Crippen LogP contribution in [0.5, 0.6) is 0 Å². The maximum Gasteiger partial charge on any atom is 0.239 e. The molecule has 0 aromatic carbocycles. The van der Waals surface area contributed by atoms with Crippen LogP contribution in [0, 0.1) is 0 Å². The van der Waals surface area contributed by atoms with Crippen molar-refractivity contribution in [1.29, 1.82) is 0 Å². The number of carbonyl (C=O) groups is 1. The molecule has 3 N–H and O–H groups in total. The van der Waals surface area contributed by atoms with Crippen molar-refractivity contribution in [2.75, 3.05) is 11.9 Å². The highest BCUT2D eigenvalue weighted by Crippen LogP contribution is 2.19. The van der Waals surface area contributed by atoms with E-state index in [9.17, 15) is 4.79 Å². The van der Waals surface area contributed by atoms with E-state index in [0.29, 0.717) is 16.9 Å². The van der Waals surface area contributed by atoms with Crippen LogP contribution in [-0.2, 0) is 4.79 Å². The van der Waals surface area contributed by atoms with E-state index in [-0.39, 0.29) is 23.3 Å². The topological polar surface area (TPSA) is 95.6 Å². The molecule has 0 aliphatic rings. The van der Waals surface area contributed by atoms with Gasteiger partial charge in [0.1, 0.15) is 5.82 Å². The molecule has 0 bridgehead atoms. The zero-order valence-electron chi connectivity index (χ0n) is 10.9. The van der Waals surface area contributed by atoms with E-state index in [1.807, 2.05) is 20.8 Å². The first-order valence-electron chi connectivity index (χ1n) is 5.77. The van der Waals surface area contributed by atoms with Crippen molar-refractivity contribution < 1.29 is 4.79 Å². The Hall–Kier alpha value is -1.89. The third-order valence-electron chi connectivity index (χ3n) is 2.21. The van der Waals surface area contributed by atoms with Crippen LogP contribution >= 0.6 is 11.6 Å². The molecular formula is C11H15ClN6O. The highest BCUT2D eigenvalue weighted by Gasteiger charge is 2.14. The maximum absolute atomic E-state index is 11.7. The minimum Gasteiger partial charge on any atom is -0.360 e. The molecule has 0 fully saturated rings. The molecule has 102 valence electrons. The monoisotopic (exact) mass is 282 g/mol. The fraction of sp³-hybridized carbons (Fsp3) is 0.455. The summed E-state index contributed by atoms with van der Waals surface area (Å²) in [5.41, 5.74) is 0.256. The molecule has 0 saturated heterocycles. The van der Waals surface area contributed by atoms with Gasteiger partial charge in [-0.25, -0.2) is 0 Å². The number of anilines is 1. The second-order valence-electron chi connectivity index (χ2n) is 5.13. The van der Waals surface area contributed by atoms with Crippen LogP contribution in [0.1, 0.15) is 20.8 Å². The second kappa shape index (κ2) is 5.00. The van der Waals surface area contributed by atoms with Crippen molar-refractivity contribution in [2.24, 2.45) is 0 Å². The number of hydrogen-bond acceptors (Lipinski definition) is 5. The summed E-state index contributed by atoms with van der Waals surface area (Å²) in [6.07, 6.45) is 1.58. The summed E-state index contributed by atoms with van der Waals surface area (Å²) in [6, 6.07) is 0. The van der Waals surface area contributed by atoms with Crippen LogP contribution in [0.4, 0.5) is 5.82 Å². The van der Waals surface area contributed by atoms with Gasteiger partial charge < -0.3 is 10.6 Å². The van der Waals surface area contributed by atoms with Crippen molar-refractivity contribution in [3.05, 3.63) is 11.5 Å². The highest BCUT2D eigenvalue weighted by atomic mass is 35.5. The fourth-order valence-corrected chi connectivity index (χ4v) is 1.74. The number of nitrogens with one attached hydrogen (secondary N) is 3. The first kappa shape index (κ1) is 13.5. The predicted molar refractivity (Wildman–Crippen MR) is 73.1 cm³/mol. The van der Waals surface area contributed by atoms with Crippen molar-refractivity contribution in [3.8, 4) is 0 Å². The minimum absolute atomic E-state index is 0.0930. The molecule has 8 heteroatoms. The number of H-pyrrole nitrogens is 1. The first-order valence-corrected chi connectivity index (χ1v) is 6.14. The SMILES string of the molecule is CC(C)(C)NC(=O)CNc1nc(Cl)nc2[nH]ncc12. The van der Waals surface area contributed by atoms with Crippen LogP contribution in [0.15, 0.2) is 6.20 Å². The Balaban J connectivity index is 2.09. The normalized spacial score (nSPS) is 11.6. The van der Waals surface area contributed by atoms with Crippen LogP contribution in [0.25, 0.3) is 11.0 Å². The van der Waals surface area contributed by atoms with Crippen LogP contribution < -0.4 is 10.6 Å². The molecule has 1 amide bonds. The van der Waals surface area contributed by atoms with Gasteiger partial charge in [0.05, 0.1) is 18.1 Å². The van der Waals surface area contributed by atoms with Gasteiger partial charge in [0, 0.05) is 5.54 Å². The Morgan fingerprint density at radius 1 is 1.42 bits per heavy atom. The standard InChI is InChI=1S/C11H15ClN6O/c1-11(2,3)17-7(19)5-13-8-6-4-14-18-9(6)16-10(12)15-8/h4H,5H2,1-3H3,(H,17,19)(H2,13,14,15,16,18). The fourth-order valence-electron chi connectivity index (χ4n) is 1.57. The third-order valence-corrected chi connectivity index (χ3v) is 2.38. The summed E-state index contributed by atoms with van der Waals surface area (Å²) in [5, 5.41) is 13.1. The van der Waals surface area contributed by atoms with Crippen LogP contribution in [-0.4, -0.2) is 38.2 Å². The maximum atomic E-state index is 11.7. The lowest BCUT2D eigenvalue weighted by Gasteiger charge is -2.20. The molecule has 0 aliphatic carbocycles. The molecule has 2 aromatic heterocycles. The third kappa shape index (κ3) is 3.54. The van der Waals surface area contributed by atoms with Gasteiger partial charge in [0.15, 0.2) is 5.65 Å². The molecule has 7 nitrogen and oxygen atoms in total. The number of halogens is 1. The lowest BCUT2D eigenvalue weighted by molar-refractivity contribution is -0.120. The van der Waals surface area contributed by atoms with Gasteiger partial charge in [0.2, 0.25) is 11.2 Å². The lowest BCUT2D eigenvalue weighted by Crippen LogP contribution is -2.43. The molecule has 0 unspecified atom stereocenters. The summed E-state index contributed by atoms with van der Waals surface area (Å²) in [5.74, 6) is 0.353. The molecule has 19 heavy (non-hydrogen) atoms. The van der Waals surface area contributed by atoms with Crippen molar-refractivity contribution in [3.63, 3.8) is 0 Å². The van der Waals surface area contributed by atoms with E-state index in [0.717, 1.165) is 0 Å². The Morgan fingerprint density at radius 2 is 2.16 bits per heavy atom. The molecular weight excluding hydrogens is 268 g/mol. The lowest BCUT2D eigenvalue weighted by atomic mass is 10.1. The number of amides is 1. The van der Waals surface area contributed by atoms with Crippen molar-refractivity contribution in [1.82, 2.24) is 25.5 Å². The summed E-state index contributed by atoms with van der Waals surface area (Å²) in [7, 11) is 0. The molecule has 0 aliphatic heterocycles. The molecule has 0 atom stereocenters. The zero-order chi connectivity index (χ0) is 14.0. The first-order chi connectivity index (χ1) is 8.85. The number of aromatic nitrogens is 4. The number of fused-ring (bicyclic) bond motifs is 1. The van der Waals surface area contributed by atoms with E-state index in [1.165, 1.54) is 0 Å². The Labute approximate surface area is 115 Å². The summed E-state index contributed by atoms with van der Waals surface area (Å²) in [6.45, 7) is 5.85. The number of carbonyl (C=O) groups excluding carboxylic acids is 1. The van der Waals surface area contributed by atoms with Crippen molar-refractivity contribution in [2.45, 2.75) is 26.3 Å². The van der Waals surface area contributed by atoms with Gasteiger partial charge in [-0.3, -0.25) is 9.89 Å². The summed E-state index contributed by atoms with van der Waals surface area (Å²) < 4.78 is 0. The van der Waals surface area contributed by atoms with Gasteiger partial charge in [0.25, 0.3) is 0 Å². The smallest absolute Gasteiger partial charge is 0.239 e. The summed E-state index contributed by atoms with van der Waals surface area (Å²) >= 11 is 5.79. The molecule has 0 saturated carbocycles. The van der Waals surface area contributed by atoms with E-state index < -0.39 is 0 Å². The average molecular weight is 283 g/mol. The summed E-state index contributed by atoms with van der Waals surface area (Å²) in [4.78, 5) is 19.7. The highest BCUT2D eigenvalue weighted by molar-refractivity contribution is 6.28. The van der Waals surface area contributed by atoms with Gasteiger partial charge in [-0.2, -0.15) is 15.1 Å². The number of rotatable bonds is 3. The van der Waals surface area contributed by atoms with Crippen LogP contribution in [0.3, 0.4) is 0 Å². The van der Waals surface area contributed by atoms with E-state index in [1.54, 1.807) is 6.20 Å². The van der Waals surface area contributed by atoms with E-state index in [2.05, 4.69) is 30.8 Å². The van der Waals surface area contributed by atoms with Gasteiger partial charge in [-0.05, 0) is 32.4 Å². The van der Waals surface area contributed by atoms with Gasteiger partial charge in [-0.1, -0.05) is 0 Å². The second-order valence-corrected chi connectivity index (χ2v) is 5.46. The van der Waals surface area contributed by atoms with E-state index in [4.69, 9.17) is 11.6 Å². The van der Waals surface area contributed by atoms with Gasteiger partial charge >= 0.3 is 0 Å². The molecule has 2 aromatic rings. The molecule has 2 rings (SSSR count). The average Bonchev–Trinajstić information content (AvgIpc) is 2.71. The van der Waals surface area contributed by atoms with E-state index >= 15 is 0 Å². The largest absolute Gasteiger partial charge is 0.360 e. The molecule has 0 spiro atoms. The quantitative estimate of drug-likeness (QED) is 0.738. The number of aromatic amines is 1. The van der Waals surface area contributed by atoms with Crippen LogP contribution in [0.2, 0.25) is 5.28 Å². The van der Waals surface area contributed by atoms with Crippen molar-refractivity contribution >= 4 is 34.4 Å². The Bertz CT molecular complexity index is 603.